The van der Waals surface area contributed by atoms with Crippen LogP contribution in [0.1, 0.15) is 17.7 Å². The Kier molecular flexibility index (Phi) is 5.28. The van der Waals surface area contributed by atoms with Crippen LogP contribution in [0.5, 0.6) is 0 Å². The van der Waals surface area contributed by atoms with E-state index < -0.39 is 0 Å². The van der Waals surface area contributed by atoms with Crippen LogP contribution in [0.15, 0.2) is 54.2 Å². The summed E-state index contributed by atoms with van der Waals surface area (Å²) in [6.45, 7) is 0.198. The lowest BCUT2D eigenvalue weighted by Gasteiger charge is -2.05. The normalized spacial score (nSPS) is 10.5. The van der Waals surface area contributed by atoms with E-state index in [1.807, 2.05) is 17.5 Å². The summed E-state index contributed by atoms with van der Waals surface area (Å²) in [4.78, 5) is 20.5. The van der Waals surface area contributed by atoms with Crippen molar-refractivity contribution in [1.82, 2.24) is 15.3 Å². The lowest BCUT2D eigenvalue weighted by atomic mass is 10.2. The molecule has 0 fully saturated rings. The van der Waals surface area contributed by atoms with Crippen molar-refractivity contribution in [2.45, 2.75) is 19.4 Å². The third-order valence-electron chi connectivity index (χ3n) is 3.50. The summed E-state index contributed by atoms with van der Waals surface area (Å²) in [6, 6.07) is 10.2. The summed E-state index contributed by atoms with van der Waals surface area (Å²) < 4.78 is 13.5. The van der Waals surface area contributed by atoms with Crippen molar-refractivity contribution in [3.63, 3.8) is 0 Å². The summed E-state index contributed by atoms with van der Waals surface area (Å²) in [6.07, 6.45) is 4.37. The van der Waals surface area contributed by atoms with Gasteiger partial charge in [-0.15, -0.1) is 11.3 Å². The highest BCUT2D eigenvalue weighted by atomic mass is 32.1. The fourth-order valence-corrected chi connectivity index (χ4v) is 3.05. The molecular weight excluding hydrogens is 325 g/mol. The van der Waals surface area contributed by atoms with Crippen LogP contribution in [0.25, 0.3) is 10.6 Å². The summed E-state index contributed by atoms with van der Waals surface area (Å²) in [5.41, 5.74) is 2.33. The van der Waals surface area contributed by atoms with E-state index in [2.05, 4.69) is 15.3 Å². The van der Waals surface area contributed by atoms with E-state index in [1.165, 1.54) is 17.4 Å². The molecule has 0 atom stereocenters. The van der Waals surface area contributed by atoms with Crippen LogP contribution in [-0.2, 0) is 17.8 Å². The molecule has 6 heteroatoms. The first kappa shape index (κ1) is 16.3. The molecule has 0 spiro atoms. The topological polar surface area (TPSA) is 54.9 Å². The zero-order chi connectivity index (χ0) is 16.8. The van der Waals surface area contributed by atoms with E-state index in [1.54, 1.807) is 30.6 Å². The zero-order valence-electron chi connectivity index (χ0n) is 12.9. The number of carbonyl (C=O) groups excluding carboxylic acids is 1. The summed E-state index contributed by atoms with van der Waals surface area (Å²) >= 11 is 1.53. The van der Waals surface area contributed by atoms with Crippen molar-refractivity contribution in [2.24, 2.45) is 0 Å². The molecule has 0 aliphatic rings. The highest BCUT2D eigenvalue weighted by Gasteiger charge is 2.08. The van der Waals surface area contributed by atoms with Gasteiger partial charge in [0.15, 0.2) is 0 Å². The molecule has 24 heavy (non-hydrogen) atoms. The van der Waals surface area contributed by atoms with E-state index in [0.29, 0.717) is 18.4 Å². The quantitative estimate of drug-likeness (QED) is 0.745. The Morgan fingerprint density at radius 2 is 2.08 bits per heavy atom. The SMILES string of the molecule is O=C(CCc1csc(-c2cccnc2)n1)NCc1ccccc1F. The monoisotopic (exact) mass is 341 g/mol. The molecule has 0 saturated carbocycles. The number of aromatic nitrogens is 2. The number of carbonyl (C=O) groups is 1. The number of aryl methyl sites for hydroxylation is 1. The molecule has 1 aromatic carbocycles. The lowest BCUT2D eigenvalue weighted by Crippen LogP contribution is -2.23. The molecule has 3 aromatic rings. The van der Waals surface area contributed by atoms with E-state index in [4.69, 9.17) is 0 Å². The van der Waals surface area contributed by atoms with Crippen molar-refractivity contribution in [3.8, 4) is 10.6 Å². The highest BCUT2D eigenvalue weighted by molar-refractivity contribution is 7.13. The first-order chi connectivity index (χ1) is 11.7. The molecular formula is C18H16FN3OS. The summed E-state index contributed by atoms with van der Waals surface area (Å²) in [7, 11) is 0. The van der Waals surface area contributed by atoms with Crippen LogP contribution in [0.2, 0.25) is 0 Å². The predicted octanol–water partition coefficient (Wildman–Crippen LogP) is 3.59. The first-order valence-electron chi connectivity index (χ1n) is 7.57. The zero-order valence-corrected chi connectivity index (χ0v) is 13.7. The molecule has 4 nitrogen and oxygen atoms in total. The van der Waals surface area contributed by atoms with Crippen LogP contribution in [-0.4, -0.2) is 15.9 Å². The van der Waals surface area contributed by atoms with Gasteiger partial charge < -0.3 is 5.32 Å². The van der Waals surface area contributed by atoms with E-state index in [-0.39, 0.29) is 18.3 Å². The average molecular weight is 341 g/mol. The molecule has 1 N–H and O–H groups in total. The average Bonchev–Trinajstić information content (AvgIpc) is 3.09. The van der Waals surface area contributed by atoms with Gasteiger partial charge in [-0.25, -0.2) is 9.37 Å². The predicted molar refractivity (Wildman–Crippen MR) is 91.9 cm³/mol. The minimum atomic E-state index is -0.307. The van der Waals surface area contributed by atoms with Crippen molar-refractivity contribution >= 4 is 17.2 Å². The molecule has 1 amide bonds. The molecule has 3 rings (SSSR count). The molecule has 0 saturated heterocycles. The fourth-order valence-electron chi connectivity index (χ4n) is 2.21. The standard InChI is InChI=1S/C18H16FN3OS/c19-16-6-2-1-4-13(16)11-21-17(23)8-7-15-12-24-18(22-15)14-5-3-9-20-10-14/h1-6,9-10,12H,7-8,11H2,(H,21,23). The smallest absolute Gasteiger partial charge is 0.220 e. The number of benzene rings is 1. The summed E-state index contributed by atoms with van der Waals surface area (Å²) in [5, 5.41) is 5.58. The van der Waals surface area contributed by atoms with Crippen molar-refractivity contribution in [2.75, 3.05) is 0 Å². The maximum Gasteiger partial charge on any atom is 0.220 e. The Balaban J connectivity index is 1.50. The second-order valence-electron chi connectivity index (χ2n) is 5.25. The number of nitrogens with one attached hydrogen (secondary N) is 1. The van der Waals surface area contributed by atoms with E-state index >= 15 is 0 Å². The number of halogens is 1. The van der Waals surface area contributed by atoms with Crippen molar-refractivity contribution in [1.29, 1.82) is 0 Å². The molecule has 0 aliphatic carbocycles. The van der Waals surface area contributed by atoms with Crippen LogP contribution >= 0.6 is 11.3 Å². The Bertz CT molecular complexity index is 820. The Morgan fingerprint density at radius 1 is 1.21 bits per heavy atom. The number of thiazole rings is 1. The molecule has 0 aliphatic heterocycles. The van der Waals surface area contributed by atoms with Gasteiger partial charge in [0, 0.05) is 41.9 Å². The summed E-state index contributed by atoms with van der Waals surface area (Å²) in [5.74, 6) is -0.424. The Labute approximate surface area is 143 Å². The number of hydrogen-bond acceptors (Lipinski definition) is 4. The number of hydrogen-bond donors (Lipinski definition) is 1. The van der Waals surface area contributed by atoms with Crippen LogP contribution in [0, 0.1) is 5.82 Å². The second-order valence-corrected chi connectivity index (χ2v) is 6.11. The van der Waals surface area contributed by atoms with Gasteiger partial charge in [-0.05, 0) is 24.6 Å². The van der Waals surface area contributed by atoms with Crippen molar-refractivity contribution in [3.05, 3.63) is 71.2 Å². The molecule has 0 unspecified atom stereocenters. The number of pyridine rings is 1. The third-order valence-corrected chi connectivity index (χ3v) is 4.44. The molecule has 2 heterocycles. The minimum Gasteiger partial charge on any atom is -0.352 e. The van der Waals surface area contributed by atoms with Gasteiger partial charge >= 0.3 is 0 Å². The molecule has 0 bridgehead atoms. The Morgan fingerprint density at radius 3 is 2.88 bits per heavy atom. The minimum absolute atomic E-state index is 0.116. The van der Waals surface area contributed by atoms with Gasteiger partial charge in [-0.2, -0.15) is 0 Å². The second kappa shape index (κ2) is 7.79. The maximum absolute atomic E-state index is 13.5. The van der Waals surface area contributed by atoms with Gasteiger partial charge in [0.2, 0.25) is 5.91 Å². The van der Waals surface area contributed by atoms with E-state index in [9.17, 15) is 9.18 Å². The van der Waals surface area contributed by atoms with Gasteiger partial charge in [0.05, 0.1) is 5.69 Å². The van der Waals surface area contributed by atoms with Gasteiger partial charge in [0.1, 0.15) is 10.8 Å². The van der Waals surface area contributed by atoms with Crippen LogP contribution < -0.4 is 5.32 Å². The van der Waals surface area contributed by atoms with Crippen LogP contribution in [0.3, 0.4) is 0 Å². The number of nitrogens with zero attached hydrogens (tertiary/aromatic N) is 2. The highest BCUT2D eigenvalue weighted by Crippen LogP contribution is 2.23. The first-order valence-corrected chi connectivity index (χ1v) is 8.45. The largest absolute Gasteiger partial charge is 0.352 e. The third kappa shape index (κ3) is 4.23. The van der Waals surface area contributed by atoms with Gasteiger partial charge in [0.25, 0.3) is 0 Å². The lowest BCUT2D eigenvalue weighted by molar-refractivity contribution is -0.121. The fraction of sp³-hybridized carbons (Fsp3) is 0.167. The number of rotatable bonds is 6. The molecule has 2 aromatic heterocycles. The molecule has 0 radical (unpaired) electrons. The van der Waals surface area contributed by atoms with Gasteiger partial charge in [-0.3, -0.25) is 9.78 Å². The Hall–Kier alpha value is -2.60. The van der Waals surface area contributed by atoms with Crippen molar-refractivity contribution < 1.29 is 9.18 Å². The molecule has 122 valence electrons. The van der Waals surface area contributed by atoms with Crippen LogP contribution in [0.4, 0.5) is 4.39 Å². The maximum atomic E-state index is 13.5. The van der Waals surface area contributed by atoms with E-state index in [0.717, 1.165) is 16.3 Å². The van der Waals surface area contributed by atoms with Gasteiger partial charge in [-0.1, -0.05) is 18.2 Å². The number of amides is 1.